The van der Waals surface area contributed by atoms with Crippen LogP contribution in [0.5, 0.6) is 0 Å². The SMILES string of the molecule is CCOC(=O)c1cc(CCC(=O)O)ccc1[N+](=O)[O-]. The quantitative estimate of drug-likeness (QED) is 0.478. The van der Waals surface area contributed by atoms with Crippen molar-refractivity contribution in [3.63, 3.8) is 0 Å². The number of carbonyl (C=O) groups excluding carboxylic acids is 1. The monoisotopic (exact) mass is 267 g/mol. The van der Waals surface area contributed by atoms with Crippen molar-refractivity contribution < 1.29 is 24.4 Å². The molecular formula is C12H13NO6. The molecule has 1 aromatic carbocycles. The van der Waals surface area contributed by atoms with Crippen LogP contribution in [-0.4, -0.2) is 28.6 Å². The van der Waals surface area contributed by atoms with Gasteiger partial charge in [0.2, 0.25) is 0 Å². The highest BCUT2D eigenvalue weighted by Crippen LogP contribution is 2.21. The van der Waals surface area contributed by atoms with Gasteiger partial charge in [-0.15, -0.1) is 0 Å². The minimum absolute atomic E-state index is 0.106. The van der Waals surface area contributed by atoms with E-state index in [1.165, 1.54) is 18.2 Å². The molecule has 0 bridgehead atoms. The Morgan fingerprint density at radius 3 is 2.63 bits per heavy atom. The third-order valence-corrected chi connectivity index (χ3v) is 2.38. The third-order valence-electron chi connectivity index (χ3n) is 2.38. The van der Waals surface area contributed by atoms with E-state index < -0.39 is 16.9 Å². The van der Waals surface area contributed by atoms with E-state index in [0.29, 0.717) is 5.56 Å². The molecule has 0 aliphatic carbocycles. The van der Waals surface area contributed by atoms with Crippen molar-refractivity contribution in [3.8, 4) is 0 Å². The number of carbonyl (C=O) groups is 2. The molecule has 0 radical (unpaired) electrons. The summed E-state index contributed by atoms with van der Waals surface area (Å²) in [6, 6.07) is 3.92. The van der Waals surface area contributed by atoms with Crippen molar-refractivity contribution in [1.29, 1.82) is 0 Å². The second-order valence-corrected chi connectivity index (χ2v) is 3.72. The smallest absolute Gasteiger partial charge is 0.345 e. The van der Waals surface area contributed by atoms with Gasteiger partial charge in [-0.1, -0.05) is 6.07 Å². The molecule has 0 unspecified atom stereocenters. The Bertz CT molecular complexity index is 511. The van der Waals surface area contributed by atoms with Gasteiger partial charge >= 0.3 is 11.9 Å². The van der Waals surface area contributed by atoms with Crippen molar-refractivity contribution >= 4 is 17.6 Å². The van der Waals surface area contributed by atoms with E-state index in [4.69, 9.17) is 9.84 Å². The Kier molecular flexibility index (Phi) is 4.99. The number of carboxylic acids is 1. The molecule has 0 aromatic heterocycles. The molecule has 19 heavy (non-hydrogen) atoms. The van der Waals surface area contributed by atoms with Crippen LogP contribution in [0, 0.1) is 10.1 Å². The van der Waals surface area contributed by atoms with Crippen molar-refractivity contribution in [1.82, 2.24) is 0 Å². The summed E-state index contributed by atoms with van der Waals surface area (Å²) in [5.41, 5.74) is 0.0308. The highest BCUT2D eigenvalue weighted by molar-refractivity contribution is 5.94. The first-order valence-corrected chi connectivity index (χ1v) is 5.62. The first kappa shape index (κ1) is 14.6. The van der Waals surface area contributed by atoms with E-state index in [1.54, 1.807) is 6.92 Å². The number of nitrogens with zero attached hydrogens (tertiary/aromatic N) is 1. The zero-order chi connectivity index (χ0) is 14.4. The number of ether oxygens (including phenoxy) is 1. The summed E-state index contributed by atoms with van der Waals surface area (Å²) >= 11 is 0. The number of nitro groups is 1. The minimum atomic E-state index is -0.976. The number of aryl methyl sites for hydroxylation is 1. The molecule has 0 heterocycles. The Morgan fingerprint density at radius 1 is 1.42 bits per heavy atom. The molecule has 7 nitrogen and oxygen atoms in total. The summed E-state index contributed by atoms with van der Waals surface area (Å²) in [5.74, 6) is -1.76. The Balaban J connectivity index is 3.07. The molecule has 0 aliphatic heterocycles. The lowest BCUT2D eigenvalue weighted by molar-refractivity contribution is -0.385. The van der Waals surface area contributed by atoms with Gasteiger partial charge in [0.1, 0.15) is 5.56 Å². The molecule has 1 N–H and O–H groups in total. The number of aliphatic carboxylic acids is 1. The molecule has 0 spiro atoms. The summed E-state index contributed by atoms with van der Waals surface area (Å²) in [6.07, 6.45) is 0.0831. The Morgan fingerprint density at radius 2 is 2.11 bits per heavy atom. The van der Waals surface area contributed by atoms with Gasteiger partial charge in [0.05, 0.1) is 11.5 Å². The van der Waals surface area contributed by atoms with Gasteiger partial charge in [-0.05, 0) is 25.0 Å². The standard InChI is InChI=1S/C12H13NO6/c1-2-19-12(16)9-7-8(4-6-11(14)15)3-5-10(9)13(17)18/h3,5,7H,2,4,6H2,1H3,(H,14,15). The fourth-order valence-electron chi connectivity index (χ4n) is 1.52. The third kappa shape index (κ3) is 4.06. The van der Waals surface area contributed by atoms with E-state index in [-0.39, 0.29) is 30.7 Å². The van der Waals surface area contributed by atoms with Crippen LogP contribution in [-0.2, 0) is 16.0 Å². The van der Waals surface area contributed by atoms with Gasteiger partial charge in [0.25, 0.3) is 5.69 Å². The maximum Gasteiger partial charge on any atom is 0.345 e. The van der Waals surface area contributed by atoms with Crippen LogP contribution in [0.2, 0.25) is 0 Å². The molecule has 7 heteroatoms. The molecule has 0 saturated heterocycles. The normalized spacial score (nSPS) is 9.95. The van der Waals surface area contributed by atoms with E-state index in [1.807, 2.05) is 0 Å². The minimum Gasteiger partial charge on any atom is -0.481 e. The second-order valence-electron chi connectivity index (χ2n) is 3.72. The zero-order valence-electron chi connectivity index (χ0n) is 10.3. The number of hydrogen-bond donors (Lipinski definition) is 1. The van der Waals surface area contributed by atoms with Crippen LogP contribution >= 0.6 is 0 Å². The highest BCUT2D eigenvalue weighted by Gasteiger charge is 2.21. The highest BCUT2D eigenvalue weighted by atomic mass is 16.6. The van der Waals surface area contributed by atoms with Gasteiger partial charge in [-0.2, -0.15) is 0 Å². The average molecular weight is 267 g/mol. The van der Waals surface area contributed by atoms with Crippen molar-refractivity contribution in [2.45, 2.75) is 19.8 Å². The number of benzene rings is 1. The van der Waals surface area contributed by atoms with Crippen LogP contribution in [0.1, 0.15) is 29.3 Å². The van der Waals surface area contributed by atoms with Gasteiger partial charge in [0.15, 0.2) is 0 Å². The number of carboxylic acid groups (broad SMARTS) is 1. The van der Waals surface area contributed by atoms with Gasteiger partial charge in [-0.25, -0.2) is 4.79 Å². The average Bonchev–Trinajstić information content (AvgIpc) is 2.36. The fourth-order valence-corrected chi connectivity index (χ4v) is 1.52. The summed E-state index contributed by atoms with van der Waals surface area (Å²) in [6.45, 7) is 1.70. The zero-order valence-corrected chi connectivity index (χ0v) is 10.3. The first-order valence-electron chi connectivity index (χ1n) is 5.62. The van der Waals surface area contributed by atoms with Gasteiger partial charge in [0, 0.05) is 12.5 Å². The Labute approximate surface area is 109 Å². The van der Waals surface area contributed by atoms with E-state index in [2.05, 4.69) is 0 Å². The molecule has 0 saturated carbocycles. The van der Waals surface area contributed by atoms with E-state index in [9.17, 15) is 19.7 Å². The van der Waals surface area contributed by atoms with Crippen LogP contribution in [0.15, 0.2) is 18.2 Å². The molecule has 0 amide bonds. The van der Waals surface area contributed by atoms with Crippen LogP contribution in [0.3, 0.4) is 0 Å². The van der Waals surface area contributed by atoms with E-state index >= 15 is 0 Å². The summed E-state index contributed by atoms with van der Waals surface area (Å²) in [7, 11) is 0. The molecule has 102 valence electrons. The van der Waals surface area contributed by atoms with Crippen LogP contribution < -0.4 is 0 Å². The number of hydrogen-bond acceptors (Lipinski definition) is 5. The van der Waals surface area contributed by atoms with Crippen LogP contribution in [0.4, 0.5) is 5.69 Å². The summed E-state index contributed by atoms with van der Waals surface area (Å²) < 4.78 is 4.74. The number of esters is 1. The summed E-state index contributed by atoms with van der Waals surface area (Å²) in [4.78, 5) is 32.2. The molecule has 0 aliphatic rings. The Hall–Kier alpha value is -2.44. The summed E-state index contributed by atoms with van der Waals surface area (Å²) in [5, 5.41) is 19.4. The largest absolute Gasteiger partial charge is 0.481 e. The molecule has 1 rings (SSSR count). The van der Waals surface area contributed by atoms with Gasteiger partial charge < -0.3 is 9.84 Å². The maximum absolute atomic E-state index is 11.6. The predicted octanol–water partition coefficient (Wildman–Crippen LogP) is 1.79. The number of rotatable bonds is 6. The van der Waals surface area contributed by atoms with E-state index in [0.717, 1.165) is 0 Å². The maximum atomic E-state index is 11.6. The predicted molar refractivity (Wildman–Crippen MR) is 65.0 cm³/mol. The fraction of sp³-hybridized carbons (Fsp3) is 0.333. The molecule has 0 fully saturated rings. The first-order chi connectivity index (χ1) is 8.95. The topological polar surface area (TPSA) is 107 Å². The van der Waals surface area contributed by atoms with Crippen molar-refractivity contribution in [2.75, 3.05) is 6.61 Å². The molecule has 0 atom stereocenters. The lowest BCUT2D eigenvalue weighted by Gasteiger charge is -2.05. The lowest BCUT2D eigenvalue weighted by atomic mass is 10.0. The van der Waals surface area contributed by atoms with Crippen molar-refractivity contribution in [2.24, 2.45) is 0 Å². The molecular weight excluding hydrogens is 254 g/mol. The lowest BCUT2D eigenvalue weighted by Crippen LogP contribution is -2.09. The van der Waals surface area contributed by atoms with Crippen LogP contribution in [0.25, 0.3) is 0 Å². The molecule has 1 aromatic rings. The van der Waals surface area contributed by atoms with Crippen molar-refractivity contribution in [3.05, 3.63) is 39.4 Å². The second kappa shape index (κ2) is 6.48. The van der Waals surface area contributed by atoms with Gasteiger partial charge in [-0.3, -0.25) is 14.9 Å². The number of nitro benzene ring substituents is 1.